The van der Waals surface area contributed by atoms with Crippen molar-refractivity contribution >= 4 is 19.4 Å². The van der Waals surface area contributed by atoms with Gasteiger partial charge in [0.05, 0.1) is 17.7 Å². The van der Waals surface area contributed by atoms with Crippen molar-refractivity contribution in [1.29, 1.82) is 0 Å². The summed E-state index contributed by atoms with van der Waals surface area (Å²) >= 11 is 6.15. The standard InChI is InChI=1S/C18H18ClN2O7P/c1-10-8-21(18(23)20-17(10)22)15-7-6-12(26-15)9-25-29(24)27-11(2)16-13(19)4-3-5-14(16)28-29/h3-8,11-12,15H,9H2,1-2H3,(H,20,22,23)/t11?,12-,15+,29?/m0/s1. The van der Waals surface area contributed by atoms with Gasteiger partial charge in [0.15, 0.2) is 6.23 Å². The number of fused-ring (bicyclic) bond motifs is 1. The molecule has 4 rings (SSSR count). The normalized spacial score (nSPS) is 28.2. The van der Waals surface area contributed by atoms with Crippen LogP contribution in [0.3, 0.4) is 0 Å². The Bertz CT molecular complexity index is 1140. The van der Waals surface area contributed by atoms with E-state index in [9.17, 15) is 14.2 Å². The van der Waals surface area contributed by atoms with Crippen LogP contribution in [0.4, 0.5) is 0 Å². The molecule has 154 valence electrons. The van der Waals surface area contributed by atoms with Crippen molar-refractivity contribution in [2.24, 2.45) is 0 Å². The number of benzene rings is 1. The number of nitrogens with one attached hydrogen (secondary N) is 1. The average molecular weight is 441 g/mol. The van der Waals surface area contributed by atoms with E-state index in [1.165, 1.54) is 10.8 Å². The van der Waals surface area contributed by atoms with Gasteiger partial charge >= 0.3 is 13.5 Å². The molecule has 1 aromatic heterocycles. The molecule has 9 nitrogen and oxygen atoms in total. The molecule has 1 aromatic carbocycles. The number of hydrogen-bond acceptors (Lipinski definition) is 7. The van der Waals surface area contributed by atoms with Crippen molar-refractivity contribution in [3.8, 4) is 5.75 Å². The third-order valence-corrected chi connectivity index (χ3v) is 6.33. The van der Waals surface area contributed by atoms with Crippen LogP contribution in [0.5, 0.6) is 5.75 Å². The van der Waals surface area contributed by atoms with Crippen LogP contribution < -0.4 is 15.8 Å². The molecule has 0 saturated carbocycles. The number of halogens is 1. The molecule has 0 aliphatic carbocycles. The highest BCUT2D eigenvalue weighted by molar-refractivity contribution is 7.49. The Kier molecular flexibility index (Phi) is 5.27. The summed E-state index contributed by atoms with van der Waals surface area (Å²) in [4.78, 5) is 25.7. The summed E-state index contributed by atoms with van der Waals surface area (Å²) in [7, 11) is -3.88. The number of aryl methyl sites for hydroxylation is 1. The molecule has 0 bridgehead atoms. The van der Waals surface area contributed by atoms with Crippen molar-refractivity contribution in [3.05, 3.63) is 73.5 Å². The van der Waals surface area contributed by atoms with Gasteiger partial charge in [-0.15, -0.1) is 0 Å². The molecule has 0 radical (unpaired) electrons. The van der Waals surface area contributed by atoms with Crippen LogP contribution in [0, 0.1) is 6.92 Å². The summed E-state index contributed by atoms with van der Waals surface area (Å²) in [6.07, 6.45) is 2.84. The molecular formula is C18H18ClN2O7P. The molecule has 2 unspecified atom stereocenters. The van der Waals surface area contributed by atoms with Gasteiger partial charge in [-0.25, -0.2) is 9.36 Å². The number of aromatic nitrogens is 2. The molecule has 4 atom stereocenters. The highest BCUT2D eigenvalue weighted by Crippen LogP contribution is 2.59. The lowest BCUT2D eigenvalue weighted by molar-refractivity contribution is -0.0150. The summed E-state index contributed by atoms with van der Waals surface area (Å²) in [6.45, 7) is 3.17. The van der Waals surface area contributed by atoms with Crippen LogP contribution in [0.25, 0.3) is 0 Å². The lowest BCUT2D eigenvalue weighted by atomic mass is 10.1. The van der Waals surface area contributed by atoms with Crippen LogP contribution in [-0.2, 0) is 18.3 Å². The number of nitrogens with zero attached hydrogens (tertiary/aromatic N) is 1. The van der Waals surface area contributed by atoms with E-state index in [-0.39, 0.29) is 6.61 Å². The molecule has 0 amide bonds. The van der Waals surface area contributed by atoms with Crippen LogP contribution >= 0.6 is 19.4 Å². The average Bonchev–Trinajstić information content (AvgIpc) is 3.11. The number of hydrogen-bond donors (Lipinski definition) is 1. The first kappa shape index (κ1) is 20.1. The van der Waals surface area contributed by atoms with E-state index in [4.69, 9.17) is 29.9 Å². The second kappa shape index (κ2) is 7.59. The Morgan fingerprint density at radius 3 is 2.90 bits per heavy atom. The lowest BCUT2D eigenvalue weighted by Crippen LogP contribution is -2.33. The zero-order chi connectivity index (χ0) is 20.8. The quantitative estimate of drug-likeness (QED) is 0.574. The van der Waals surface area contributed by atoms with Crippen LogP contribution in [0.15, 0.2) is 46.1 Å². The molecule has 2 aliphatic rings. The van der Waals surface area contributed by atoms with E-state index in [1.807, 2.05) is 0 Å². The van der Waals surface area contributed by atoms with Gasteiger partial charge in [0, 0.05) is 17.3 Å². The number of H-pyrrole nitrogens is 1. The van der Waals surface area contributed by atoms with Gasteiger partial charge in [-0.2, -0.15) is 0 Å². The van der Waals surface area contributed by atoms with E-state index in [1.54, 1.807) is 44.2 Å². The maximum absolute atomic E-state index is 12.9. The molecule has 2 aliphatic heterocycles. The summed E-state index contributed by atoms with van der Waals surface area (Å²) in [5.41, 5.74) is -0.0617. The fourth-order valence-corrected chi connectivity index (χ4v) is 4.82. The van der Waals surface area contributed by atoms with Gasteiger partial charge in [0.1, 0.15) is 11.9 Å². The first-order valence-corrected chi connectivity index (χ1v) is 10.7. The zero-order valence-corrected chi connectivity index (χ0v) is 17.2. The fourth-order valence-electron chi connectivity index (χ4n) is 3.12. The molecule has 11 heteroatoms. The van der Waals surface area contributed by atoms with Crippen molar-refractivity contribution in [3.63, 3.8) is 0 Å². The zero-order valence-electron chi connectivity index (χ0n) is 15.5. The Balaban J connectivity index is 1.43. The van der Waals surface area contributed by atoms with Gasteiger partial charge in [0.2, 0.25) is 0 Å². The Morgan fingerprint density at radius 1 is 1.31 bits per heavy atom. The molecule has 0 saturated heterocycles. The van der Waals surface area contributed by atoms with Gasteiger partial charge in [0.25, 0.3) is 5.56 Å². The number of ether oxygens (including phenoxy) is 1. The maximum atomic E-state index is 12.9. The maximum Gasteiger partial charge on any atom is 0.530 e. The molecule has 0 fully saturated rings. The SMILES string of the molecule is Cc1cn([C@H]2C=C[C@@H](COP3(=O)Oc4cccc(Cl)c4C(C)O3)O2)c(=O)[nH]c1=O. The van der Waals surface area contributed by atoms with E-state index in [2.05, 4.69) is 4.98 Å². The summed E-state index contributed by atoms with van der Waals surface area (Å²) in [5, 5.41) is 0.452. The predicted molar refractivity (Wildman–Crippen MR) is 104 cm³/mol. The van der Waals surface area contributed by atoms with E-state index >= 15 is 0 Å². The minimum atomic E-state index is -3.88. The largest absolute Gasteiger partial charge is 0.530 e. The van der Waals surface area contributed by atoms with Crippen molar-refractivity contribution in [2.75, 3.05) is 6.61 Å². The molecule has 0 spiro atoms. The fraction of sp³-hybridized carbons (Fsp3) is 0.333. The Hall–Kier alpha value is -2.16. The van der Waals surface area contributed by atoms with E-state index < -0.39 is 37.5 Å². The Morgan fingerprint density at radius 2 is 2.10 bits per heavy atom. The summed E-state index contributed by atoms with van der Waals surface area (Å²) in [6, 6.07) is 5.02. The van der Waals surface area contributed by atoms with Gasteiger partial charge in [-0.1, -0.05) is 23.7 Å². The number of phosphoric acid groups is 1. The second-order valence-corrected chi connectivity index (χ2v) is 8.62. The van der Waals surface area contributed by atoms with Crippen molar-refractivity contribution in [2.45, 2.75) is 32.3 Å². The molecular weight excluding hydrogens is 423 g/mol. The molecule has 1 N–H and O–H groups in total. The van der Waals surface area contributed by atoms with Crippen LogP contribution in [-0.4, -0.2) is 22.3 Å². The monoisotopic (exact) mass is 440 g/mol. The second-order valence-electron chi connectivity index (χ2n) is 6.66. The number of phosphoric ester groups is 1. The minimum absolute atomic E-state index is 0.121. The Labute approximate surface area is 170 Å². The smallest absolute Gasteiger partial charge is 0.404 e. The first-order valence-electron chi connectivity index (χ1n) is 8.82. The van der Waals surface area contributed by atoms with Gasteiger partial charge < -0.3 is 9.26 Å². The van der Waals surface area contributed by atoms with Gasteiger partial charge in [-0.05, 0) is 32.1 Å². The molecule has 2 aromatic rings. The highest BCUT2D eigenvalue weighted by atomic mass is 35.5. The van der Waals surface area contributed by atoms with Crippen LogP contribution in [0.1, 0.15) is 30.4 Å². The van der Waals surface area contributed by atoms with Crippen molar-refractivity contribution < 1.29 is 22.9 Å². The highest BCUT2D eigenvalue weighted by Gasteiger charge is 2.40. The van der Waals surface area contributed by atoms with Crippen molar-refractivity contribution in [1.82, 2.24) is 9.55 Å². The summed E-state index contributed by atoms with van der Waals surface area (Å²) in [5.74, 6) is 0.343. The van der Waals surface area contributed by atoms with Crippen LogP contribution in [0.2, 0.25) is 5.02 Å². The molecule has 3 heterocycles. The third-order valence-electron chi connectivity index (χ3n) is 4.54. The van der Waals surface area contributed by atoms with E-state index in [0.717, 1.165) is 0 Å². The summed E-state index contributed by atoms with van der Waals surface area (Å²) < 4.78 is 36.2. The minimum Gasteiger partial charge on any atom is -0.404 e. The lowest BCUT2D eigenvalue weighted by Gasteiger charge is -2.30. The number of rotatable bonds is 4. The van der Waals surface area contributed by atoms with Gasteiger partial charge in [-0.3, -0.25) is 23.4 Å². The first-order chi connectivity index (χ1) is 13.8. The molecule has 29 heavy (non-hydrogen) atoms. The third kappa shape index (κ3) is 3.97. The predicted octanol–water partition coefficient (Wildman–Crippen LogP) is 3.25. The van der Waals surface area contributed by atoms with E-state index in [0.29, 0.717) is 21.9 Å². The number of aromatic amines is 1. The topological polar surface area (TPSA) is 109 Å².